The number of cyclic esters (lactones) is 1. The molecule has 10 rings (SSSR count). The predicted octanol–water partition coefficient (Wildman–Crippen LogP) is 5.04. The van der Waals surface area contributed by atoms with Crippen LogP contribution in [0.1, 0.15) is 111 Å². The highest BCUT2D eigenvalue weighted by molar-refractivity contribution is 7.89. The zero-order valence-corrected chi connectivity index (χ0v) is 43.1. The molecule has 21 nitrogen and oxygen atoms in total. The molecule has 5 aliphatic heterocycles. The standard InChI is InChI=1S/C53H59N9O12S/c1-6-34-36-23-32(11-14-41(36)55-45-38(34)27-61-42(45)25-40-39(50(61)67)28-73-51(68)53(40,70)7-2)74-52(69)59-21-19-58(20-22-59)49(66)30-15-17-60(18-16-30)75(71,72)33-12-9-31(10-13-33)62-46(56-57-47(62)48(65)54-8-3)37-24-35(29(4)5)43(63)26-44(37)64/h9-14,23-26,29-30,34,38,63-64,70H,6-8,15-22,27-28H2,1-5H3,(H,54,65). The molecule has 3 unspecified atom stereocenters. The normalized spacial score (nSPS) is 20.7. The Morgan fingerprint density at radius 2 is 1.60 bits per heavy atom. The van der Waals surface area contributed by atoms with Gasteiger partial charge in [0.05, 0.1) is 33.1 Å². The van der Waals surface area contributed by atoms with Gasteiger partial charge in [0, 0.05) is 81.5 Å². The fourth-order valence-electron chi connectivity index (χ4n) is 11.2. The topological polar surface area (TPSA) is 268 Å². The Kier molecular flexibility index (Phi) is 13.4. The van der Waals surface area contributed by atoms with Gasteiger partial charge in [-0.2, -0.15) is 4.31 Å². The quantitative estimate of drug-likeness (QED) is 0.126. The zero-order valence-electron chi connectivity index (χ0n) is 42.3. The maximum Gasteiger partial charge on any atom is 0.415 e. The van der Waals surface area contributed by atoms with Crippen LogP contribution in [0.3, 0.4) is 0 Å². The van der Waals surface area contributed by atoms with Crippen LogP contribution in [0.15, 0.2) is 75.3 Å². The Morgan fingerprint density at radius 1 is 0.893 bits per heavy atom. The Hall–Kier alpha value is -7.43. The van der Waals surface area contributed by atoms with Crippen LogP contribution < -0.4 is 15.6 Å². The second kappa shape index (κ2) is 19.7. The molecule has 2 fully saturated rings. The van der Waals surface area contributed by atoms with E-state index < -0.39 is 39.5 Å². The van der Waals surface area contributed by atoms with E-state index in [-0.39, 0.29) is 126 Å². The number of phenolic OH excluding ortho intramolecular Hbond substituents is 2. The van der Waals surface area contributed by atoms with Crippen LogP contribution >= 0.6 is 0 Å². The third-order valence-electron chi connectivity index (χ3n) is 15.4. The molecule has 0 radical (unpaired) electrons. The van der Waals surface area contributed by atoms with Crippen molar-refractivity contribution in [3.05, 3.63) is 105 Å². The number of aromatic hydroxyl groups is 2. The highest BCUT2D eigenvalue weighted by Gasteiger charge is 2.48. The summed E-state index contributed by atoms with van der Waals surface area (Å²) in [7, 11) is -4.00. The summed E-state index contributed by atoms with van der Waals surface area (Å²) in [5.74, 6) is -2.24. The molecule has 7 heterocycles. The minimum absolute atomic E-state index is 0.00505. The molecule has 5 aromatic rings. The number of esters is 1. The second-order valence-electron chi connectivity index (χ2n) is 19.9. The van der Waals surface area contributed by atoms with Crippen molar-refractivity contribution in [2.75, 3.05) is 45.8 Å². The Labute approximate surface area is 432 Å². The molecule has 75 heavy (non-hydrogen) atoms. The van der Waals surface area contributed by atoms with E-state index in [1.165, 1.54) is 39.2 Å². The number of pyridine rings is 1. The van der Waals surface area contributed by atoms with Crippen LogP contribution in [0.5, 0.6) is 17.2 Å². The van der Waals surface area contributed by atoms with Crippen molar-refractivity contribution in [1.29, 1.82) is 0 Å². The van der Waals surface area contributed by atoms with Gasteiger partial charge in [0.15, 0.2) is 11.4 Å². The summed E-state index contributed by atoms with van der Waals surface area (Å²) in [6, 6.07) is 15.7. The number of nitrogens with one attached hydrogen (secondary N) is 1. The Bertz CT molecular complexity index is 3350. The van der Waals surface area contributed by atoms with E-state index >= 15 is 0 Å². The first-order valence-electron chi connectivity index (χ1n) is 25.4. The minimum Gasteiger partial charge on any atom is -0.508 e. The van der Waals surface area contributed by atoms with Crippen LogP contribution in [0, 0.1) is 11.8 Å². The number of benzene rings is 3. The minimum atomic E-state index is -4.00. The molecule has 2 saturated heterocycles. The molecule has 0 bridgehead atoms. The lowest BCUT2D eigenvalue weighted by Gasteiger charge is -2.38. The maximum atomic E-state index is 14.0. The number of ether oxygens (including phenoxy) is 2. The third kappa shape index (κ3) is 8.80. The molecule has 3 aromatic carbocycles. The number of fused-ring (bicyclic) bond motifs is 5. The van der Waals surface area contributed by atoms with Crippen molar-refractivity contribution in [1.82, 2.24) is 38.8 Å². The summed E-state index contributed by atoms with van der Waals surface area (Å²) in [6.45, 7) is 10.9. The molecule has 22 heteroatoms. The molecular formula is C53H59N9O12S. The number of carbonyl (C=O) groups excluding carboxylic acids is 4. The fourth-order valence-corrected chi connectivity index (χ4v) is 12.7. The van der Waals surface area contributed by atoms with Crippen LogP contribution in [0.25, 0.3) is 17.1 Å². The number of aliphatic hydroxyl groups is 1. The van der Waals surface area contributed by atoms with Gasteiger partial charge < -0.3 is 44.5 Å². The molecule has 2 aromatic heterocycles. The zero-order chi connectivity index (χ0) is 53.2. The molecule has 0 aliphatic carbocycles. The molecule has 0 spiro atoms. The molecule has 394 valence electrons. The monoisotopic (exact) mass is 1050 g/mol. The number of aliphatic imine (C=N–C) groups is 1. The highest BCUT2D eigenvalue weighted by Crippen LogP contribution is 2.47. The fraction of sp³-hybridized carbons (Fsp3) is 0.434. The summed E-state index contributed by atoms with van der Waals surface area (Å²) in [5, 5.41) is 43.7. The van der Waals surface area contributed by atoms with Crippen molar-refractivity contribution in [3.8, 4) is 34.3 Å². The summed E-state index contributed by atoms with van der Waals surface area (Å²) in [6.07, 6.45) is 0.792. The summed E-state index contributed by atoms with van der Waals surface area (Å²) in [4.78, 5) is 75.2. The van der Waals surface area contributed by atoms with Crippen molar-refractivity contribution in [2.24, 2.45) is 16.8 Å². The van der Waals surface area contributed by atoms with E-state index in [1.54, 1.807) is 52.5 Å². The first-order valence-corrected chi connectivity index (χ1v) is 26.9. The van der Waals surface area contributed by atoms with Gasteiger partial charge in [-0.05, 0) is 110 Å². The van der Waals surface area contributed by atoms with Gasteiger partial charge >= 0.3 is 12.1 Å². The number of hydrogen-bond donors (Lipinski definition) is 4. The van der Waals surface area contributed by atoms with Gasteiger partial charge in [-0.15, -0.1) is 10.2 Å². The first-order chi connectivity index (χ1) is 35.9. The van der Waals surface area contributed by atoms with Crippen molar-refractivity contribution in [2.45, 2.75) is 95.8 Å². The molecule has 3 amide bonds. The number of hydrogen-bond acceptors (Lipinski definition) is 15. The lowest BCUT2D eigenvalue weighted by atomic mass is 9.78. The van der Waals surface area contributed by atoms with Gasteiger partial charge in [-0.3, -0.25) is 23.9 Å². The van der Waals surface area contributed by atoms with Gasteiger partial charge in [0.1, 0.15) is 23.9 Å². The number of amides is 3. The number of aromatic nitrogens is 4. The average molecular weight is 1050 g/mol. The van der Waals surface area contributed by atoms with Gasteiger partial charge in [-0.1, -0.05) is 27.7 Å². The Balaban J connectivity index is 0.757. The van der Waals surface area contributed by atoms with E-state index in [0.29, 0.717) is 66.4 Å². The molecule has 4 N–H and O–H groups in total. The molecule has 5 aliphatic rings. The smallest absolute Gasteiger partial charge is 0.415 e. The number of sulfonamides is 1. The summed E-state index contributed by atoms with van der Waals surface area (Å²) in [5.41, 5.74) is 2.19. The highest BCUT2D eigenvalue weighted by atomic mass is 32.2. The van der Waals surface area contributed by atoms with Gasteiger partial charge in [0.2, 0.25) is 21.8 Å². The van der Waals surface area contributed by atoms with Crippen molar-refractivity contribution in [3.63, 3.8) is 0 Å². The van der Waals surface area contributed by atoms with E-state index in [0.717, 1.165) is 5.56 Å². The lowest BCUT2D eigenvalue weighted by molar-refractivity contribution is -0.172. The van der Waals surface area contributed by atoms with E-state index in [9.17, 15) is 47.7 Å². The number of nitrogens with zero attached hydrogens (tertiary/aromatic N) is 8. The molecule has 0 saturated carbocycles. The summed E-state index contributed by atoms with van der Waals surface area (Å²) >= 11 is 0. The van der Waals surface area contributed by atoms with Crippen molar-refractivity contribution < 1.29 is 52.4 Å². The number of carbonyl (C=O) groups is 4. The number of piperidine rings is 1. The van der Waals surface area contributed by atoms with E-state index in [1.807, 2.05) is 26.8 Å². The van der Waals surface area contributed by atoms with Crippen LogP contribution in [-0.4, -0.2) is 133 Å². The SMILES string of the molecule is CCNC(=O)c1nnc(-c2cc(C(C)C)c(O)cc2O)n1-c1ccc(S(=O)(=O)N2CCC(C(=O)N3CCN(C(=O)Oc4ccc5c(c4)C(CC)C4Cn6c(cc7c(c6=O)COC(=O)C7(O)CC)C4=N5)CC3)CC2)cc1. The van der Waals surface area contributed by atoms with E-state index in [2.05, 4.69) is 15.5 Å². The predicted molar refractivity (Wildman–Crippen MR) is 272 cm³/mol. The van der Waals surface area contributed by atoms with E-state index in [4.69, 9.17) is 14.5 Å². The van der Waals surface area contributed by atoms with Crippen molar-refractivity contribution >= 4 is 45.3 Å². The van der Waals surface area contributed by atoms with Crippen LogP contribution in [0.4, 0.5) is 10.5 Å². The van der Waals surface area contributed by atoms with Gasteiger partial charge in [-0.25, -0.2) is 18.0 Å². The molecule has 3 atom stereocenters. The van der Waals surface area contributed by atoms with Crippen LogP contribution in [0.2, 0.25) is 0 Å². The summed E-state index contributed by atoms with van der Waals surface area (Å²) < 4.78 is 43.5. The number of phenols is 2. The first kappa shape index (κ1) is 51.1. The second-order valence-corrected chi connectivity index (χ2v) is 21.9. The average Bonchev–Trinajstić information content (AvgIpc) is 4.03. The van der Waals surface area contributed by atoms with Gasteiger partial charge in [0.25, 0.3) is 11.5 Å². The largest absolute Gasteiger partial charge is 0.508 e. The lowest BCUT2D eigenvalue weighted by Crippen LogP contribution is -2.53. The maximum absolute atomic E-state index is 14.0. The van der Waals surface area contributed by atoms with Crippen LogP contribution in [-0.2, 0) is 43.1 Å². The third-order valence-corrected chi connectivity index (χ3v) is 17.3. The Morgan fingerprint density at radius 3 is 2.27 bits per heavy atom. The number of rotatable bonds is 11. The number of piperazine rings is 1. The molecular weight excluding hydrogens is 987 g/mol.